The highest BCUT2D eigenvalue weighted by molar-refractivity contribution is 7.94. The smallest absolute Gasteiger partial charge is 0.272 e. The molecule has 2 N–H and O–H groups in total. The van der Waals surface area contributed by atoms with E-state index in [9.17, 15) is 18.0 Å². The molecule has 2 aliphatic carbocycles. The molecule has 1 aliphatic heterocycles. The van der Waals surface area contributed by atoms with Crippen molar-refractivity contribution in [2.75, 3.05) is 26.3 Å². The summed E-state index contributed by atoms with van der Waals surface area (Å²) < 4.78 is 31.7. The Morgan fingerprint density at radius 3 is 2.47 bits per heavy atom. The van der Waals surface area contributed by atoms with E-state index in [-0.39, 0.29) is 24.7 Å². The van der Waals surface area contributed by atoms with E-state index in [0.717, 1.165) is 0 Å². The summed E-state index contributed by atoms with van der Waals surface area (Å²) >= 11 is 0. The number of carbonyl (C=O) groups excluding carboxylic acids is 2. The lowest BCUT2D eigenvalue weighted by molar-refractivity contribution is 0.0717. The maximum absolute atomic E-state index is 13.3. The molecule has 10 heteroatoms. The molecule has 0 spiro atoms. The van der Waals surface area contributed by atoms with Gasteiger partial charge in [0.25, 0.3) is 11.8 Å². The Morgan fingerprint density at radius 1 is 1.28 bits per heavy atom. The van der Waals surface area contributed by atoms with Gasteiger partial charge in [-0.15, -0.1) is 6.58 Å². The van der Waals surface area contributed by atoms with Crippen LogP contribution in [-0.4, -0.2) is 70.7 Å². The first-order chi connectivity index (χ1) is 15.2. The zero-order chi connectivity index (χ0) is 23.7. The average molecular weight is 467 g/mol. The van der Waals surface area contributed by atoms with Gasteiger partial charge in [0.1, 0.15) is 5.69 Å². The zero-order valence-electron chi connectivity index (χ0n) is 19.2. The van der Waals surface area contributed by atoms with Crippen molar-refractivity contribution >= 4 is 21.7 Å². The van der Waals surface area contributed by atoms with Crippen molar-refractivity contribution in [3.05, 3.63) is 29.6 Å². The molecule has 3 aliphatic rings. The quantitative estimate of drug-likeness (QED) is 0.413. The van der Waals surface area contributed by atoms with E-state index < -0.39 is 25.2 Å². The van der Waals surface area contributed by atoms with E-state index in [1.807, 2.05) is 13.8 Å². The molecule has 0 aromatic carbocycles. The number of hydrogen-bond acceptors (Lipinski definition) is 6. The third-order valence-corrected chi connectivity index (χ3v) is 9.93. The van der Waals surface area contributed by atoms with Crippen molar-refractivity contribution in [2.24, 2.45) is 5.73 Å². The monoisotopic (exact) mass is 466 g/mol. The van der Waals surface area contributed by atoms with Gasteiger partial charge in [0, 0.05) is 18.7 Å². The summed E-state index contributed by atoms with van der Waals surface area (Å²) in [4.78, 5) is 26.8. The van der Waals surface area contributed by atoms with E-state index in [1.165, 1.54) is 4.68 Å². The second kappa shape index (κ2) is 8.97. The number of amides is 2. The van der Waals surface area contributed by atoms with Crippen LogP contribution >= 0.6 is 0 Å². The second-order valence-electron chi connectivity index (χ2n) is 8.74. The normalized spacial score (nSPS) is 20.1. The lowest BCUT2D eigenvalue weighted by atomic mass is 10.0. The van der Waals surface area contributed by atoms with Gasteiger partial charge in [-0.05, 0) is 39.0 Å². The maximum atomic E-state index is 13.3. The van der Waals surface area contributed by atoms with Gasteiger partial charge in [-0.25, -0.2) is 8.42 Å². The number of sulfone groups is 1. The SMILES string of the molecule is C=CCOCCn1nc(C(N)=O)c2c1C(=O)N(CC1(S(=O)(=O)C3(C)CC3)CC1)CC2.CC. The van der Waals surface area contributed by atoms with E-state index in [0.29, 0.717) is 63.1 Å². The van der Waals surface area contributed by atoms with E-state index in [4.69, 9.17) is 10.5 Å². The molecular weight excluding hydrogens is 432 g/mol. The molecule has 2 fully saturated rings. The highest BCUT2D eigenvalue weighted by atomic mass is 32.2. The molecule has 32 heavy (non-hydrogen) atoms. The number of nitrogens with zero attached hydrogens (tertiary/aromatic N) is 3. The van der Waals surface area contributed by atoms with Crippen LogP contribution in [0, 0.1) is 0 Å². The molecule has 4 rings (SSSR count). The van der Waals surface area contributed by atoms with Crippen LogP contribution in [0.3, 0.4) is 0 Å². The molecule has 2 heterocycles. The van der Waals surface area contributed by atoms with E-state index >= 15 is 0 Å². The Morgan fingerprint density at radius 2 is 1.94 bits per heavy atom. The number of aromatic nitrogens is 2. The van der Waals surface area contributed by atoms with Gasteiger partial charge in [0.2, 0.25) is 0 Å². The van der Waals surface area contributed by atoms with Gasteiger partial charge in [-0.2, -0.15) is 5.10 Å². The van der Waals surface area contributed by atoms with E-state index in [2.05, 4.69) is 11.7 Å². The highest BCUT2D eigenvalue weighted by Gasteiger charge is 2.65. The molecule has 0 atom stereocenters. The van der Waals surface area contributed by atoms with Crippen molar-refractivity contribution in [2.45, 2.75) is 68.9 Å². The number of rotatable bonds is 10. The van der Waals surface area contributed by atoms with Crippen LogP contribution in [0.5, 0.6) is 0 Å². The first-order valence-electron chi connectivity index (χ1n) is 11.3. The largest absolute Gasteiger partial charge is 0.375 e. The Bertz CT molecular complexity index is 1010. The maximum Gasteiger partial charge on any atom is 0.272 e. The van der Waals surface area contributed by atoms with Crippen LogP contribution in [0.4, 0.5) is 0 Å². The molecule has 1 aromatic heterocycles. The molecule has 1 aromatic rings. The van der Waals surface area contributed by atoms with Crippen LogP contribution in [0.15, 0.2) is 12.7 Å². The van der Waals surface area contributed by atoms with Crippen molar-refractivity contribution in [3.63, 3.8) is 0 Å². The van der Waals surface area contributed by atoms with Crippen molar-refractivity contribution in [1.82, 2.24) is 14.7 Å². The topological polar surface area (TPSA) is 125 Å². The number of hydrogen-bond donors (Lipinski definition) is 1. The number of ether oxygens (including phenoxy) is 1. The van der Waals surface area contributed by atoms with Gasteiger partial charge in [-0.3, -0.25) is 14.3 Å². The molecule has 0 saturated heterocycles. The average Bonchev–Trinajstić information content (AvgIpc) is 3.68. The molecule has 178 valence electrons. The summed E-state index contributed by atoms with van der Waals surface area (Å²) in [5.41, 5.74) is 6.41. The summed E-state index contributed by atoms with van der Waals surface area (Å²) in [5.74, 6) is -0.983. The number of fused-ring (bicyclic) bond motifs is 1. The standard InChI is InChI=1S/C20H28N4O5S.C2H6/c1-3-11-29-12-10-24-16-14(15(22-24)17(21)25)4-9-23(18(16)26)13-20(7-8-20)30(27,28)19(2)5-6-19;1-2/h3H,1,4-13H2,2H3,(H2,21,25);1-2H3. The zero-order valence-corrected chi connectivity index (χ0v) is 20.0. The molecule has 2 saturated carbocycles. The third-order valence-electron chi connectivity index (χ3n) is 6.55. The summed E-state index contributed by atoms with van der Waals surface area (Å²) in [7, 11) is -3.31. The highest BCUT2D eigenvalue weighted by Crippen LogP contribution is 2.56. The summed E-state index contributed by atoms with van der Waals surface area (Å²) in [6, 6.07) is 0. The minimum atomic E-state index is -3.31. The fourth-order valence-electron chi connectivity index (χ4n) is 4.27. The Balaban J connectivity index is 0.00000141. The Hall–Kier alpha value is -2.20. The fourth-order valence-corrected chi connectivity index (χ4v) is 6.92. The van der Waals surface area contributed by atoms with Gasteiger partial charge in [-0.1, -0.05) is 19.9 Å². The van der Waals surface area contributed by atoms with Crippen LogP contribution in [0.2, 0.25) is 0 Å². The van der Waals surface area contributed by atoms with Crippen molar-refractivity contribution in [3.8, 4) is 0 Å². The third kappa shape index (κ3) is 4.10. The molecule has 0 radical (unpaired) electrons. The van der Waals surface area contributed by atoms with Crippen LogP contribution in [0.1, 0.15) is 73.0 Å². The van der Waals surface area contributed by atoms with Crippen molar-refractivity contribution < 1.29 is 22.7 Å². The van der Waals surface area contributed by atoms with Gasteiger partial charge < -0.3 is 15.4 Å². The molecular formula is C22H34N4O5S. The van der Waals surface area contributed by atoms with Gasteiger partial charge >= 0.3 is 0 Å². The fraction of sp³-hybridized carbons (Fsp3) is 0.682. The van der Waals surface area contributed by atoms with Crippen LogP contribution < -0.4 is 5.73 Å². The number of carbonyl (C=O) groups is 2. The van der Waals surface area contributed by atoms with Crippen LogP contribution in [0.25, 0.3) is 0 Å². The summed E-state index contributed by atoms with van der Waals surface area (Å²) in [6.45, 7) is 10.9. The molecule has 0 unspecified atom stereocenters. The predicted molar refractivity (Wildman–Crippen MR) is 121 cm³/mol. The van der Waals surface area contributed by atoms with E-state index in [1.54, 1.807) is 17.9 Å². The second-order valence-corrected chi connectivity index (χ2v) is 11.6. The number of primary amides is 1. The minimum absolute atomic E-state index is 0.0981. The summed E-state index contributed by atoms with van der Waals surface area (Å²) in [6.07, 6.45) is 4.59. The lowest BCUT2D eigenvalue weighted by Crippen LogP contribution is -2.48. The predicted octanol–water partition coefficient (Wildman–Crippen LogP) is 1.71. The van der Waals surface area contributed by atoms with Gasteiger partial charge in [0.05, 0.1) is 29.3 Å². The molecule has 9 nitrogen and oxygen atoms in total. The molecule has 0 bridgehead atoms. The first kappa shape index (κ1) is 24.4. The Kier molecular flexibility index (Phi) is 6.86. The lowest BCUT2D eigenvalue weighted by Gasteiger charge is -2.32. The molecule has 2 amide bonds. The van der Waals surface area contributed by atoms with Crippen LogP contribution in [-0.2, 0) is 27.5 Å². The number of nitrogens with two attached hydrogens (primary N) is 1. The first-order valence-corrected chi connectivity index (χ1v) is 12.8. The minimum Gasteiger partial charge on any atom is -0.375 e. The summed E-state index contributed by atoms with van der Waals surface area (Å²) in [5, 5.41) is 4.25. The van der Waals surface area contributed by atoms with Gasteiger partial charge in [0.15, 0.2) is 15.5 Å². The Labute approximate surface area is 189 Å². The van der Waals surface area contributed by atoms with Crippen molar-refractivity contribution in [1.29, 1.82) is 0 Å².